The Hall–Kier alpha value is -4.02. The number of para-hydroxylation sites is 1. The molecular formula is C16H10F2N4O5. The second-order valence-corrected chi connectivity index (χ2v) is 5.38. The molecule has 0 saturated carbocycles. The summed E-state index contributed by atoms with van der Waals surface area (Å²) in [4.78, 5) is 34.6. The maximum atomic E-state index is 13.8. The van der Waals surface area contributed by atoms with E-state index in [4.69, 9.17) is 5.73 Å². The van der Waals surface area contributed by atoms with Gasteiger partial charge in [-0.15, -0.1) is 0 Å². The number of non-ortho nitro benzene ring substituents is 1. The van der Waals surface area contributed by atoms with Crippen LogP contribution in [0.1, 0.15) is 10.4 Å². The zero-order valence-electron chi connectivity index (χ0n) is 13.3. The third-order valence-electron chi connectivity index (χ3n) is 3.76. The molecule has 1 heterocycles. The van der Waals surface area contributed by atoms with Crippen LogP contribution in [-0.4, -0.2) is 26.5 Å². The number of carbonyl (C=O) groups is 2. The largest absolute Gasteiger partial charge is 0.494 e. The lowest BCUT2D eigenvalue weighted by molar-refractivity contribution is -0.383. The quantitative estimate of drug-likeness (QED) is 0.476. The Balaban J connectivity index is 2.23. The van der Waals surface area contributed by atoms with E-state index in [0.717, 1.165) is 18.2 Å². The van der Waals surface area contributed by atoms with Crippen LogP contribution in [0.2, 0.25) is 0 Å². The smallest absolute Gasteiger partial charge is 0.326 e. The molecule has 138 valence electrons. The average Bonchev–Trinajstić information content (AvgIpc) is 2.89. The van der Waals surface area contributed by atoms with Gasteiger partial charge in [0.15, 0.2) is 0 Å². The summed E-state index contributed by atoms with van der Waals surface area (Å²) >= 11 is 0. The van der Waals surface area contributed by atoms with Crippen LogP contribution in [0.15, 0.2) is 36.4 Å². The highest BCUT2D eigenvalue weighted by atomic mass is 19.1. The van der Waals surface area contributed by atoms with Crippen LogP contribution in [0.3, 0.4) is 0 Å². The number of rotatable bonds is 3. The number of nitro groups is 1. The molecule has 0 bridgehead atoms. The maximum Gasteiger partial charge on any atom is 0.326 e. The third-order valence-corrected chi connectivity index (χ3v) is 3.76. The minimum atomic E-state index is -1.28. The van der Waals surface area contributed by atoms with E-state index in [1.54, 1.807) is 0 Å². The SMILES string of the molecule is NC(=O)n1c(O)c(C(=O)Nc2cc(F)ccc2F)c2cccc([N+](=O)[O-])c21. The first kappa shape index (κ1) is 17.8. The lowest BCUT2D eigenvalue weighted by Gasteiger charge is -2.06. The Morgan fingerprint density at radius 3 is 2.56 bits per heavy atom. The molecule has 0 spiro atoms. The molecule has 0 unspecified atom stereocenters. The molecule has 9 nitrogen and oxygen atoms in total. The van der Waals surface area contributed by atoms with E-state index in [-0.39, 0.29) is 5.39 Å². The third kappa shape index (κ3) is 2.90. The van der Waals surface area contributed by atoms with E-state index in [1.807, 2.05) is 0 Å². The molecule has 0 saturated heterocycles. The van der Waals surface area contributed by atoms with Gasteiger partial charge in [-0.2, -0.15) is 0 Å². The number of benzene rings is 2. The van der Waals surface area contributed by atoms with Crippen molar-refractivity contribution in [2.24, 2.45) is 5.73 Å². The first-order valence-corrected chi connectivity index (χ1v) is 7.29. The summed E-state index contributed by atoms with van der Waals surface area (Å²) in [7, 11) is 0. The van der Waals surface area contributed by atoms with Gasteiger partial charge in [-0.3, -0.25) is 14.9 Å². The molecule has 3 rings (SSSR count). The minimum absolute atomic E-state index is 0.171. The Labute approximate surface area is 148 Å². The molecule has 0 aliphatic carbocycles. The summed E-state index contributed by atoms with van der Waals surface area (Å²) in [6, 6.07) is 4.56. The van der Waals surface area contributed by atoms with Gasteiger partial charge in [-0.05, 0) is 12.1 Å². The highest BCUT2D eigenvalue weighted by molar-refractivity contribution is 6.18. The Bertz CT molecular complexity index is 1130. The van der Waals surface area contributed by atoms with Gasteiger partial charge >= 0.3 is 6.03 Å². The molecule has 0 atom stereocenters. The summed E-state index contributed by atoms with van der Waals surface area (Å²) in [6.07, 6.45) is 0. The van der Waals surface area contributed by atoms with E-state index < -0.39 is 56.8 Å². The molecule has 2 aromatic carbocycles. The second-order valence-electron chi connectivity index (χ2n) is 5.38. The number of aromatic hydroxyl groups is 1. The van der Waals surface area contributed by atoms with Gasteiger partial charge in [0.05, 0.1) is 10.6 Å². The number of primary amides is 1. The fourth-order valence-corrected chi connectivity index (χ4v) is 2.67. The van der Waals surface area contributed by atoms with Crippen LogP contribution >= 0.6 is 0 Å². The van der Waals surface area contributed by atoms with Crippen LogP contribution in [-0.2, 0) is 0 Å². The summed E-state index contributed by atoms with van der Waals surface area (Å²) in [5, 5.41) is 23.4. The van der Waals surface area contributed by atoms with Gasteiger partial charge in [0.1, 0.15) is 22.7 Å². The highest BCUT2D eigenvalue weighted by Crippen LogP contribution is 2.36. The molecule has 1 aromatic heterocycles. The van der Waals surface area contributed by atoms with Crippen molar-refractivity contribution in [2.45, 2.75) is 0 Å². The first-order chi connectivity index (χ1) is 12.7. The summed E-state index contributed by atoms with van der Waals surface area (Å²) < 4.78 is 27.4. The fraction of sp³-hybridized carbons (Fsp3) is 0. The minimum Gasteiger partial charge on any atom is -0.494 e. The van der Waals surface area contributed by atoms with Crippen molar-refractivity contribution in [3.8, 4) is 5.88 Å². The van der Waals surface area contributed by atoms with E-state index in [2.05, 4.69) is 5.32 Å². The van der Waals surface area contributed by atoms with Gasteiger partial charge in [-0.1, -0.05) is 12.1 Å². The standard InChI is InChI=1S/C16H10F2N4O5/c17-7-4-5-9(18)10(6-7)20-14(23)12-8-2-1-3-11(22(26)27)13(8)21(15(12)24)16(19)25/h1-6,24H,(H2,19,25)(H,20,23). The number of fused-ring (bicyclic) bond motifs is 1. The summed E-state index contributed by atoms with van der Waals surface area (Å²) in [5.74, 6) is -3.87. The predicted octanol–water partition coefficient (Wildman–Crippen LogP) is 2.71. The topological polar surface area (TPSA) is 140 Å². The lowest BCUT2D eigenvalue weighted by atomic mass is 10.1. The fourth-order valence-electron chi connectivity index (χ4n) is 2.67. The number of nitro benzene ring substituents is 1. The number of hydrogen-bond donors (Lipinski definition) is 3. The van der Waals surface area contributed by atoms with Crippen molar-refractivity contribution in [3.63, 3.8) is 0 Å². The molecule has 0 aliphatic rings. The molecule has 2 amide bonds. The normalized spacial score (nSPS) is 10.7. The number of aromatic nitrogens is 1. The van der Waals surface area contributed by atoms with Crippen molar-refractivity contribution in [2.75, 3.05) is 5.32 Å². The zero-order chi connectivity index (χ0) is 19.9. The second kappa shape index (κ2) is 6.37. The van der Waals surface area contributed by atoms with Crippen molar-refractivity contribution in [1.82, 2.24) is 4.57 Å². The monoisotopic (exact) mass is 376 g/mol. The number of carbonyl (C=O) groups excluding carboxylic acids is 2. The van der Waals surface area contributed by atoms with Crippen molar-refractivity contribution < 1.29 is 28.4 Å². The summed E-state index contributed by atoms with van der Waals surface area (Å²) in [5.41, 5.74) is 3.09. The number of nitrogens with two attached hydrogens (primary N) is 1. The van der Waals surface area contributed by atoms with E-state index in [9.17, 15) is 33.6 Å². The van der Waals surface area contributed by atoms with Crippen molar-refractivity contribution in [3.05, 3.63) is 63.7 Å². The average molecular weight is 376 g/mol. The number of nitrogens with one attached hydrogen (secondary N) is 1. The molecule has 0 fully saturated rings. The van der Waals surface area contributed by atoms with Gasteiger partial charge in [-0.25, -0.2) is 18.1 Å². The lowest BCUT2D eigenvalue weighted by Crippen LogP contribution is -2.20. The molecule has 4 N–H and O–H groups in total. The Kier molecular flexibility index (Phi) is 4.20. The maximum absolute atomic E-state index is 13.8. The Morgan fingerprint density at radius 1 is 1.22 bits per heavy atom. The van der Waals surface area contributed by atoms with Gasteiger partial charge < -0.3 is 16.2 Å². The van der Waals surface area contributed by atoms with Crippen molar-refractivity contribution >= 4 is 34.2 Å². The van der Waals surface area contributed by atoms with Crippen molar-refractivity contribution in [1.29, 1.82) is 0 Å². The zero-order valence-corrected chi connectivity index (χ0v) is 13.3. The predicted molar refractivity (Wildman–Crippen MR) is 89.5 cm³/mol. The number of amides is 2. The van der Waals surface area contributed by atoms with Crippen LogP contribution in [0.5, 0.6) is 5.88 Å². The van der Waals surface area contributed by atoms with Crippen LogP contribution in [0, 0.1) is 21.7 Å². The molecule has 3 aromatic rings. The van der Waals surface area contributed by atoms with E-state index in [1.165, 1.54) is 12.1 Å². The molecule has 11 heteroatoms. The first-order valence-electron chi connectivity index (χ1n) is 7.29. The van der Waals surface area contributed by atoms with E-state index in [0.29, 0.717) is 10.6 Å². The number of hydrogen-bond acceptors (Lipinski definition) is 5. The van der Waals surface area contributed by atoms with Crippen LogP contribution in [0.25, 0.3) is 10.9 Å². The van der Waals surface area contributed by atoms with E-state index >= 15 is 0 Å². The van der Waals surface area contributed by atoms with Crippen LogP contribution < -0.4 is 11.1 Å². The van der Waals surface area contributed by atoms with Gasteiger partial charge in [0.25, 0.3) is 11.6 Å². The highest BCUT2D eigenvalue weighted by Gasteiger charge is 2.30. The molecule has 27 heavy (non-hydrogen) atoms. The molecular weight excluding hydrogens is 366 g/mol. The Morgan fingerprint density at radius 2 is 1.93 bits per heavy atom. The van der Waals surface area contributed by atoms with Crippen LogP contribution in [0.4, 0.5) is 25.0 Å². The number of halogens is 2. The summed E-state index contributed by atoms with van der Waals surface area (Å²) in [6.45, 7) is 0. The van der Waals surface area contributed by atoms with Gasteiger partial charge in [0.2, 0.25) is 5.88 Å². The molecule has 0 aliphatic heterocycles. The molecule has 0 radical (unpaired) electrons. The number of nitrogens with zero attached hydrogens (tertiary/aromatic N) is 2. The number of anilines is 1. The van der Waals surface area contributed by atoms with Gasteiger partial charge in [0, 0.05) is 17.5 Å².